The fourth-order valence-corrected chi connectivity index (χ4v) is 2.13. The fourth-order valence-electron chi connectivity index (χ4n) is 2.13. The highest BCUT2D eigenvalue weighted by atomic mass is 15.1. The van der Waals surface area contributed by atoms with Crippen LogP contribution in [0.4, 0.5) is 11.4 Å². The Bertz CT molecular complexity index is 534. The molecule has 0 aliphatic carbocycles. The van der Waals surface area contributed by atoms with E-state index in [1.807, 2.05) is 12.3 Å². The van der Waals surface area contributed by atoms with E-state index in [0.29, 0.717) is 0 Å². The summed E-state index contributed by atoms with van der Waals surface area (Å²) < 4.78 is 0. The number of aryl methyl sites for hydroxylation is 1. The van der Waals surface area contributed by atoms with Crippen LogP contribution in [0.3, 0.4) is 0 Å². The van der Waals surface area contributed by atoms with E-state index in [-0.39, 0.29) is 0 Å². The maximum absolute atomic E-state index is 4.39. The van der Waals surface area contributed by atoms with E-state index in [0.717, 1.165) is 30.9 Å². The molecule has 2 aromatic rings. The van der Waals surface area contributed by atoms with Crippen LogP contribution in [0.2, 0.25) is 0 Å². The number of pyridine rings is 1. The molecular formula is C17H23N3. The normalized spacial score (nSPS) is 10.6. The van der Waals surface area contributed by atoms with E-state index in [1.165, 1.54) is 11.3 Å². The quantitative estimate of drug-likeness (QED) is 0.869. The van der Waals surface area contributed by atoms with Gasteiger partial charge in [0.15, 0.2) is 0 Å². The van der Waals surface area contributed by atoms with Gasteiger partial charge in [0.05, 0.1) is 5.69 Å². The predicted octanol–water partition coefficient (Wildman–Crippen LogP) is 3.52. The maximum Gasteiger partial charge on any atom is 0.0562 e. The number of hydrogen-bond acceptors (Lipinski definition) is 3. The lowest BCUT2D eigenvalue weighted by molar-refractivity contribution is 0.710. The van der Waals surface area contributed by atoms with Gasteiger partial charge in [-0.3, -0.25) is 4.98 Å². The van der Waals surface area contributed by atoms with Crippen molar-refractivity contribution in [1.82, 2.24) is 10.3 Å². The summed E-state index contributed by atoms with van der Waals surface area (Å²) >= 11 is 0. The third kappa shape index (κ3) is 3.58. The van der Waals surface area contributed by atoms with Gasteiger partial charge < -0.3 is 10.2 Å². The first-order valence-corrected chi connectivity index (χ1v) is 7.23. The number of nitrogens with zero attached hydrogens (tertiary/aromatic N) is 2. The van der Waals surface area contributed by atoms with E-state index < -0.39 is 0 Å². The molecule has 0 atom stereocenters. The highest BCUT2D eigenvalue weighted by molar-refractivity contribution is 5.62. The van der Waals surface area contributed by atoms with Gasteiger partial charge in [0, 0.05) is 31.2 Å². The van der Waals surface area contributed by atoms with E-state index in [9.17, 15) is 0 Å². The van der Waals surface area contributed by atoms with Gasteiger partial charge in [0.25, 0.3) is 0 Å². The summed E-state index contributed by atoms with van der Waals surface area (Å²) in [6.45, 7) is 6.05. The van der Waals surface area contributed by atoms with Crippen molar-refractivity contribution in [2.75, 3.05) is 18.5 Å². The molecule has 0 amide bonds. The molecular weight excluding hydrogens is 246 g/mol. The highest BCUT2D eigenvalue weighted by Crippen LogP contribution is 2.24. The molecule has 0 saturated carbocycles. The zero-order valence-corrected chi connectivity index (χ0v) is 12.6. The first kappa shape index (κ1) is 14.5. The number of benzene rings is 1. The van der Waals surface area contributed by atoms with Crippen molar-refractivity contribution in [3.63, 3.8) is 0 Å². The van der Waals surface area contributed by atoms with Crippen LogP contribution in [0.1, 0.15) is 25.1 Å². The Labute approximate surface area is 121 Å². The van der Waals surface area contributed by atoms with Gasteiger partial charge in [-0.2, -0.15) is 0 Å². The molecule has 1 aromatic carbocycles. The Morgan fingerprint density at radius 3 is 2.45 bits per heavy atom. The van der Waals surface area contributed by atoms with Crippen molar-refractivity contribution in [3.05, 3.63) is 53.9 Å². The summed E-state index contributed by atoms with van der Waals surface area (Å²) in [5.41, 5.74) is 4.80. The van der Waals surface area contributed by atoms with Gasteiger partial charge in [-0.1, -0.05) is 26.0 Å². The van der Waals surface area contributed by atoms with Crippen LogP contribution in [-0.4, -0.2) is 18.6 Å². The monoisotopic (exact) mass is 269 g/mol. The van der Waals surface area contributed by atoms with Crippen LogP contribution in [-0.2, 0) is 13.0 Å². The molecule has 0 radical (unpaired) electrons. The molecule has 2 rings (SSSR count). The van der Waals surface area contributed by atoms with Crippen LogP contribution in [0.5, 0.6) is 0 Å². The highest BCUT2D eigenvalue weighted by Gasteiger charge is 2.05. The Morgan fingerprint density at radius 2 is 1.80 bits per heavy atom. The van der Waals surface area contributed by atoms with Gasteiger partial charge >= 0.3 is 0 Å². The molecule has 0 spiro atoms. The van der Waals surface area contributed by atoms with E-state index >= 15 is 0 Å². The minimum absolute atomic E-state index is 0.812. The molecule has 20 heavy (non-hydrogen) atoms. The molecule has 1 heterocycles. The molecule has 0 aliphatic rings. The molecule has 0 fully saturated rings. The Balaban J connectivity index is 2.16. The summed E-state index contributed by atoms with van der Waals surface area (Å²) in [5.74, 6) is 0. The largest absolute Gasteiger partial charge is 0.345 e. The second kappa shape index (κ2) is 7.06. The van der Waals surface area contributed by atoms with Crippen molar-refractivity contribution >= 4 is 11.4 Å². The van der Waals surface area contributed by atoms with Crippen molar-refractivity contribution in [3.8, 4) is 0 Å². The minimum Gasteiger partial charge on any atom is -0.345 e. The standard InChI is InChI=1S/C17H23N3/c1-4-14-6-8-16(9-7-14)20(3)17-10-11-19-15(12-17)13-18-5-2/h6-12,18H,4-5,13H2,1-3H3. The van der Waals surface area contributed by atoms with Crippen LogP contribution in [0.15, 0.2) is 42.6 Å². The van der Waals surface area contributed by atoms with E-state index in [1.54, 1.807) is 0 Å². The van der Waals surface area contributed by atoms with Crippen molar-refractivity contribution in [1.29, 1.82) is 0 Å². The zero-order valence-electron chi connectivity index (χ0n) is 12.6. The Hall–Kier alpha value is -1.87. The summed E-state index contributed by atoms with van der Waals surface area (Å²) in [6, 6.07) is 12.9. The van der Waals surface area contributed by atoms with Crippen molar-refractivity contribution in [2.45, 2.75) is 26.8 Å². The molecule has 0 unspecified atom stereocenters. The Kier molecular flexibility index (Phi) is 5.13. The smallest absolute Gasteiger partial charge is 0.0562 e. The molecule has 3 heteroatoms. The lowest BCUT2D eigenvalue weighted by Crippen LogP contribution is -2.14. The number of anilines is 2. The first-order chi connectivity index (χ1) is 9.74. The van der Waals surface area contributed by atoms with Crippen LogP contribution >= 0.6 is 0 Å². The summed E-state index contributed by atoms with van der Waals surface area (Å²) in [5, 5.41) is 3.30. The second-order valence-corrected chi connectivity index (χ2v) is 4.86. The molecule has 3 nitrogen and oxygen atoms in total. The van der Waals surface area contributed by atoms with E-state index in [4.69, 9.17) is 0 Å². The lowest BCUT2D eigenvalue weighted by atomic mass is 10.1. The average molecular weight is 269 g/mol. The average Bonchev–Trinajstić information content (AvgIpc) is 2.52. The van der Waals surface area contributed by atoms with Gasteiger partial charge in [-0.05, 0) is 42.8 Å². The molecule has 0 saturated heterocycles. The van der Waals surface area contributed by atoms with Gasteiger partial charge in [-0.15, -0.1) is 0 Å². The molecule has 0 aliphatic heterocycles. The molecule has 106 valence electrons. The van der Waals surface area contributed by atoms with Gasteiger partial charge in [0.1, 0.15) is 0 Å². The number of aromatic nitrogens is 1. The van der Waals surface area contributed by atoms with Gasteiger partial charge in [-0.25, -0.2) is 0 Å². The van der Waals surface area contributed by atoms with Crippen LogP contribution in [0.25, 0.3) is 0 Å². The summed E-state index contributed by atoms with van der Waals surface area (Å²) in [4.78, 5) is 6.58. The first-order valence-electron chi connectivity index (χ1n) is 7.23. The van der Waals surface area contributed by atoms with E-state index in [2.05, 4.69) is 66.4 Å². The summed E-state index contributed by atoms with van der Waals surface area (Å²) in [6.07, 6.45) is 2.95. The zero-order chi connectivity index (χ0) is 14.4. The topological polar surface area (TPSA) is 28.2 Å². The number of hydrogen-bond donors (Lipinski definition) is 1. The van der Waals surface area contributed by atoms with Crippen LogP contribution < -0.4 is 10.2 Å². The second-order valence-electron chi connectivity index (χ2n) is 4.86. The Morgan fingerprint density at radius 1 is 1.05 bits per heavy atom. The lowest BCUT2D eigenvalue weighted by Gasteiger charge is -2.20. The molecule has 1 aromatic heterocycles. The summed E-state index contributed by atoms with van der Waals surface area (Å²) in [7, 11) is 2.09. The number of rotatable bonds is 6. The fraction of sp³-hybridized carbons (Fsp3) is 0.353. The number of nitrogens with one attached hydrogen (secondary N) is 1. The maximum atomic E-state index is 4.39. The van der Waals surface area contributed by atoms with Gasteiger partial charge in [0.2, 0.25) is 0 Å². The third-order valence-corrected chi connectivity index (χ3v) is 3.48. The molecule has 1 N–H and O–H groups in total. The SMILES string of the molecule is CCNCc1cc(N(C)c2ccc(CC)cc2)ccn1. The van der Waals surface area contributed by atoms with Crippen molar-refractivity contribution in [2.24, 2.45) is 0 Å². The van der Waals surface area contributed by atoms with Crippen LogP contribution in [0, 0.1) is 0 Å². The molecule has 0 bridgehead atoms. The third-order valence-electron chi connectivity index (χ3n) is 3.48. The van der Waals surface area contributed by atoms with Crippen molar-refractivity contribution < 1.29 is 0 Å². The minimum atomic E-state index is 0.812. The predicted molar refractivity (Wildman–Crippen MR) is 85.5 cm³/mol.